The van der Waals surface area contributed by atoms with Gasteiger partial charge in [-0.2, -0.15) is 0 Å². The number of carbonyl (C=O) groups excluding carboxylic acids is 3. The number of anilines is 1. The minimum atomic E-state index is -0.327. The number of nitrogens with one attached hydrogen (secondary N) is 1. The Morgan fingerprint density at radius 1 is 1.06 bits per heavy atom. The largest absolute Gasteiger partial charge is 0.497 e. The molecule has 3 amide bonds. The minimum Gasteiger partial charge on any atom is -0.497 e. The third-order valence-corrected chi connectivity index (χ3v) is 5.84. The van der Waals surface area contributed by atoms with E-state index in [4.69, 9.17) is 14.2 Å². The highest BCUT2D eigenvalue weighted by molar-refractivity contribution is 6.04. The SMILES string of the molecule is COc1ccc(OC)c(CNC(=O)c2ccc3c(c2)N(CC(=O)N2CCCC2)C(=O)CO3)c1. The first-order valence-corrected chi connectivity index (χ1v) is 10.8. The molecule has 33 heavy (non-hydrogen) atoms. The van der Waals surface area contributed by atoms with Crippen LogP contribution in [0.5, 0.6) is 17.2 Å². The van der Waals surface area contributed by atoms with Gasteiger partial charge in [-0.25, -0.2) is 0 Å². The van der Waals surface area contributed by atoms with Crippen LogP contribution >= 0.6 is 0 Å². The van der Waals surface area contributed by atoms with Crippen LogP contribution in [0.15, 0.2) is 36.4 Å². The molecule has 1 N–H and O–H groups in total. The van der Waals surface area contributed by atoms with Gasteiger partial charge in [0.2, 0.25) is 5.91 Å². The molecular formula is C24H27N3O6. The summed E-state index contributed by atoms with van der Waals surface area (Å²) in [7, 11) is 3.13. The molecule has 1 fully saturated rings. The summed E-state index contributed by atoms with van der Waals surface area (Å²) in [6.45, 7) is 1.44. The van der Waals surface area contributed by atoms with Gasteiger partial charge in [-0.15, -0.1) is 0 Å². The Bertz CT molecular complexity index is 1060. The Morgan fingerprint density at radius 2 is 1.85 bits per heavy atom. The first-order chi connectivity index (χ1) is 16.0. The first-order valence-electron chi connectivity index (χ1n) is 10.8. The summed E-state index contributed by atoms with van der Waals surface area (Å²) in [5, 5.41) is 2.87. The molecule has 2 aliphatic heterocycles. The Kier molecular flexibility index (Phi) is 6.67. The topological polar surface area (TPSA) is 97.4 Å². The quantitative estimate of drug-likeness (QED) is 0.689. The van der Waals surface area contributed by atoms with Gasteiger partial charge in [-0.05, 0) is 49.2 Å². The molecule has 0 aliphatic carbocycles. The Morgan fingerprint density at radius 3 is 2.58 bits per heavy atom. The number of rotatable bonds is 7. The minimum absolute atomic E-state index is 0.0682. The van der Waals surface area contributed by atoms with Crippen LogP contribution in [-0.4, -0.2) is 63.1 Å². The van der Waals surface area contributed by atoms with Crippen molar-refractivity contribution in [2.45, 2.75) is 19.4 Å². The van der Waals surface area contributed by atoms with Gasteiger partial charge in [0.25, 0.3) is 11.8 Å². The lowest BCUT2D eigenvalue weighted by molar-refractivity contribution is -0.131. The van der Waals surface area contributed by atoms with Crippen LogP contribution in [0, 0.1) is 0 Å². The number of hydrogen-bond donors (Lipinski definition) is 1. The second-order valence-corrected chi connectivity index (χ2v) is 7.90. The van der Waals surface area contributed by atoms with Gasteiger partial charge in [0.1, 0.15) is 23.8 Å². The number of ether oxygens (including phenoxy) is 3. The molecule has 0 unspecified atom stereocenters. The molecule has 2 aliphatic rings. The molecule has 4 rings (SSSR count). The molecule has 2 aromatic rings. The van der Waals surface area contributed by atoms with Crippen molar-refractivity contribution in [1.82, 2.24) is 10.2 Å². The Balaban J connectivity index is 1.50. The summed E-state index contributed by atoms with van der Waals surface area (Å²) >= 11 is 0. The van der Waals surface area contributed by atoms with Gasteiger partial charge in [0.05, 0.1) is 19.9 Å². The van der Waals surface area contributed by atoms with Crippen molar-refractivity contribution >= 4 is 23.4 Å². The van der Waals surface area contributed by atoms with Crippen LogP contribution in [-0.2, 0) is 16.1 Å². The zero-order valence-corrected chi connectivity index (χ0v) is 18.8. The number of carbonyl (C=O) groups is 3. The highest BCUT2D eigenvalue weighted by atomic mass is 16.5. The fourth-order valence-electron chi connectivity index (χ4n) is 4.02. The number of amides is 3. The van der Waals surface area contributed by atoms with E-state index >= 15 is 0 Å². The average molecular weight is 453 g/mol. The number of methoxy groups -OCH3 is 2. The van der Waals surface area contributed by atoms with E-state index in [0.29, 0.717) is 41.6 Å². The number of nitrogens with zero attached hydrogens (tertiary/aromatic N) is 2. The Labute approximate surface area is 192 Å². The van der Waals surface area contributed by atoms with E-state index in [0.717, 1.165) is 18.4 Å². The predicted octanol–water partition coefficient (Wildman–Crippen LogP) is 1.98. The van der Waals surface area contributed by atoms with Gasteiger partial charge < -0.3 is 24.4 Å². The average Bonchev–Trinajstić information content (AvgIpc) is 3.39. The second-order valence-electron chi connectivity index (χ2n) is 7.90. The van der Waals surface area contributed by atoms with Crippen LogP contribution < -0.4 is 24.4 Å². The van der Waals surface area contributed by atoms with Crippen LogP contribution in [0.4, 0.5) is 5.69 Å². The fourth-order valence-corrected chi connectivity index (χ4v) is 4.02. The third-order valence-electron chi connectivity index (χ3n) is 5.84. The summed E-state index contributed by atoms with van der Waals surface area (Å²) in [6, 6.07) is 10.2. The van der Waals surface area contributed by atoms with Crippen LogP contribution in [0.2, 0.25) is 0 Å². The van der Waals surface area contributed by atoms with Gasteiger partial charge >= 0.3 is 0 Å². The zero-order chi connectivity index (χ0) is 23.4. The predicted molar refractivity (Wildman–Crippen MR) is 121 cm³/mol. The highest BCUT2D eigenvalue weighted by Gasteiger charge is 2.30. The van der Waals surface area contributed by atoms with E-state index in [9.17, 15) is 14.4 Å². The lowest BCUT2D eigenvalue weighted by Crippen LogP contribution is -2.46. The van der Waals surface area contributed by atoms with Crippen LogP contribution in [0.25, 0.3) is 0 Å². The lowest BCUT2D eigenvalue weighted by atomic mass is 10.1. The maximum absolute atomic E-state index is 12.9. The van der Waals surface area contributed by atoms with Crippen molar-refractivity contribution < 1.29 is 28.6 Å². The first kappa shape index (κ1) is 22.4. The summed E-state index contributed by atoms with van der Waals surface area (Å²) in [5.74, 6) is 1.01. The molecule has 0 atom stereocenters. The molecule has 0 aromatic heterocycles. The molecule has 9 heteroatoms. The van der Waals surface area contributed by atoms with E-state index < -0.39 is 0 Å². The lowest BCUT2D eigenvalue weighted by Gasteiger charge is -2.30. The standard InChI is InChI=1S/C24H27N3O6/c1-31-18-6-8-20(32-2)17(11-18)13-25-24(30)16-5-7-21-19(12-16)27(23(29)15-33-21)14-22(28)26-9-3-4-10-26/h5-8,11-12H,3-4,9-10,13-15H2,1-2H3,(H,25,30). The van der Waals surface area contributed by atoms with Crippen molar-refractivity contribution in [1.29, 1.82) is 0 Å². The van der Waals surface area contributed by atoms with E-state index in [1.807, 2.05) is 0 Å². The maximum Gasteiger partial charge on any atom is 0.265 e. The second kappa shape index (κ2) is 9.81. The van der Waals surface area contributed by atoms with E-state index in [-0.39, 0.29) is 37.4 Å². The molecule has 2 aromatic carbocycles. The van der Waals surface area contributed by atoms with Crippen LogP contribution in [0.1, 0.15) is 28.8 Å². The molecule has 0 spiro atoms. The van der Waals surface area contributed by atoms with Gasteiger partial charge in [-0.3, -0.25) is 19.3 Å². The highest BCUT2D eigenvalue weighted by Crippen LogP contribution is 2.33. The summed E-state index contributed by atoms with van der Waals surface area (Å²) < 4.78 is 16.1. The molecule has 174 valence electrons. The fraction of sp³-hybridized carbons (Fsp3) is 0.375. The zero-order valence-electron chi connectivity index (χ0n) is 18.8. The maximum atomic E-state index is 12.9. The van der Waals surface area contributed by atoms with Gasteiger partial charge in [0, 0.05) is 30.8 Å². The molecule has 2 heterocycles. The molecule has 1 saturated heterocycles. The van der Waals surface area contributed by atoms with Crippen molar-refractivity contribution in [3.8, 4) is 17.2 Å². The number of benzene rings is 2. The van der Waals surface area contributed by atoms with Crippen molar-refractivity contribution in [2.75, 3.05) is 45.4 Å². The third kappa shape index (κ3) is 4.87. The van der Waals surface area contributed by atoms with E-state index in [1.54, 1.807) is 55.5 Å². The number of fused-ring (bicyclic) bond motifs is 1. The smallest absolute Gasteiger partial charge is 0.265 e. The van der Waals surface area contributed by atoms with E-state index in [2.05, 4.69) is 5.32 Å². The summed E-state index contributed by atoms with van der Waals surface area (Å²) in [5.41, 5.74) is 1.54. The van der Waals surface area contributed by atoms with Crippen molar-refractivity contribution in [3.05, 3.63) is 47.5 Å². The van der Waals surface area contributed by atoms with Crippen LogP contribution in [0.3, 0.4) is 0 Å². The Hall–Kier alpha value is -3.75. The normalized spacial score (nSPS) is 15.0. The number of hydrogen-bond acceptors (Lipinski definition) is 6. The molecular weight excluding hydrogens is 426 g/mol. The van der Waals surface area contributed by atoms with Crippen molar-refractivity contribution in [3.63, 3.8) is 0 Å². The molecule has 9 nitrogen and oxygen atoms in total. The molecule has 0 saturated carbocycles. The van der Waals surface area contributed by atoms with Gasteiger partial charge in [0.15, 0.2) is 6.61 Å². The monoisotopic (exact) mass is 453 g/mol. The molecule has 0 radical (unpaired) electrons. The van der Waals surface area contributed by atoms with Gasteiger partial charge in [-0.1, -0.05) is 0 Å². The molecule has 0 bridgehead atoms. The summed E-state index contributed by atoms with van der Waals surface area (Å²) in [6.07, 6.45) is 1.95. The van der Waals surface area contributed by atoms with E-state index in [1.165, 1.54) is 4.90 Å². The summed E-state index contributed by atoms with van der Waals surface area (Å²) in [4.78, 5) is 41.2. The number of likely N-dealkylation sites (tertiary alicyclic amines) is 1. The van der Waals surface area contributed by atoms with Crippen molar-refractivity contribution in [2.24, 2.45) is 0 Å².